The number of nitrogens with two attached hydrogens (primary N) is 1. The fourth-order valence-electron chi connectivity index (χ4n) is 3.71. The third kappa shape index (κ3) is 3.35. The second-order valence-electron chi connectivity index (χ2n) is 7.14. The van der Waals surface area contributed by atoms with Crippen molar-refractivity contribution < 1.29 is 0 Å². The van der Waals surface area contributed by atoms with Gasteiger partial charge in [-0.1, -0.05) is 24.0 Å². The Morgan fingerprint density at radius 1 is 1.41 bits per heavy atom. The van der Waals surface area contributed by atoms with Crippen molar-refractivity contribution in [1.82, 2.24) is 14.8 Å². The van der Waals surface area contributed by atoms with Crippen LogP contribution in [0.25, 0.3) is 20.9 Å². The van der Waals surface area contributed by atoms with Gasteiger partial charge in [0.2, 0.25) is 0 Å². The number of benzene rings is 1. The van der Waals surface area contributed by atoms with Gasteiger partial charge in [-0.2, -0.15) is 5.10 Å². The largest absolute Gasteiger partial charge is 0.398 e. The van der Waals surface area contributed by atoms with Crippen LogP contribution in [0.5, 0.6) is 0 Å². The van der Waals surface area contributed by atoms with Crippen LogP contribution in [0, 0.1) is 18.2 Å². The Hall–Kier alpha value is -2.66. The lowest BCUT2D eigenvalue weighted by atomic mass is 9.42. The quantitative estimate of drug-likeness (QED) is 0.425. The van der Waals surface area contributed by atoms with Crippen LogP contribution in [-0.2, 0) is 0 Å². The molecule has 0 saturated carbocycles. The molecule has 1 aliphatic rings. The number of anilines is 1. The van der Waals surface area contributed by atoms with E-state index in [-0.39, 0.29) is 6.71 Å². The minimum Gasteiger partial charge on any atom is -0.398 e. The van der Waals surface area contributed by atoms with Crippen LogP contribution in [0.2, 0.25) is 12.6 Å². The smallest absolute Gasteiger partial charge is 0.268 e. The van der Waals surface area contributed by atoms with Gasteiger partial charge in [0.15, 0.2) is 4.83 Å². The highest BCUT2D eigenvalue weighted by molar-refractivity contribution is 7.21. The van der Waals surface area contributed by atoms with Gasteiger partial charge in [0.05, 0.1) is 12.2 Å². The van der Waals surface area contributed by atoms with Crippen LogP contribution >= 0.6 is 11.3 Å². The molecule has 0 aliphatic carbocycles. The highest BCUT2D eigenvalue weighted by atomic mass is 32.1. The van der Waals surface area contributed by atoms with Crippen molar-refractivity contribution in [2.24, 2.45) is 4.99 Å². The number of thiazole rings is 1. The van der Waals surface area contributed by atoms with E-state index in [0.717, 1.165) is 63.2 Å². The molecule has 3 aromatic rings. The van der Waals surface area contributed by atoms with E-state index in [4.69, 9.17) is 21.1 Å². The average molecular weight is 376 g/mol. The Morgan fingerprint density at radius 3 is 2.85 bits per heavy atom. The van der Waals surface area contributed by atoms with Gasteiger partial charge in [-0.15, -0.1) is 0 Å². The summed E-state index contributed by atoms with van der Waals surface area (Å²) in [5, 5.41) is 14.8. The zero-order valence-corrected chi connectivity index (χ0v) is 16.3. The van der Waals surface area contributed by atoms with Crippen molar-refractivity contribution in [3.8, 4) is 16.5 Å². The molecule has 1 saturated heterocycles. The zero-order chi connectivity index (χ0) is 19.0. The van der Waals surface area contributed by atoms with Crippen LogP contribution in [0.3, 0.4) is 0 Å². The van der Waals surface area contributed by atoms with Crippen LogP contribution in [0.15, 0.2) is 23.3 Å². The zero-order valence-electron chi connectivity index (χ0n) is 15.5. The van der Waals surface area contributed by atoms with Crippen molar-refractivity contribution in [2.45, 2.75) is 38.4 Å². The first-order chi connectivity index (χ1) is 13.1. The molecule has 3 heterocycles. The topological polar surface area (TPSA) is 92.9 Å². The molecule has 0 radical (unpaired) electrons. The summed E-state index contributed by atoms with van der Waals surface area (Å²) < 4.78 is 2.05. The van der Waals surface area contributed by atoms with Gasteiger partial charge in [0, 0.05) is 36.0 Å². The molecule has 8 heteroatoms. The highest BCUT2D eigenvalue weighted by Crippen LogP contribution is 2.34. The van der Waals surface area contributed by atoms with Crippen molar-refractivity contribution in [3.63, 3.8) is 0 Å². The van der Waals surface area contributed by atoms with Crippen LogP contribution in [0.1, 0.15) is 30.0 Å². The molecule has 136 valence electrons. The normalized spacial score (nSPS) is 15.7. The Kier molecular flexibility index (Phi) is 4.71. The van der Waals surface area contributed by atoms with Crippen LogP contribution < -0.4 is 5.73 Å². The predicted octanol–water partition coefficient (Wildman–Crippen LogP) is 3.99. The SMILES string of the molecule is CN=Cc1cc(-c2nc3cn(C4CCB(C#N)CC4)nc3s2)cc(C)c1N. The van der Waals surface area contributed by atoms with Gasteiger partial charge in [0.1, 0.15) is 10.5 Å². The van der Waals surface area contributed by atoms with Crippen molar-refractivity contribution >= 4 is 40.3 Å². The molecule has 1 aromatic carbocycles. The molecule has 27 heavy (non-hydrogen) atoms. The first kappa shape index (κ1) is 17.7. The first-order valence-corrected chi connectivity index (χ1v) is 9.98. The maximum absolute atomic E-state index is 9.06. The molecule has 0 spiro atoms. The number of hydrogen-bond acceptors (Lipinski definition) is 6. The van der Waals surface area contributed by atoms with Gasteiger partial charge in [-0.25, -0.2) is 10.2 Å². The fraction of sp³-hybridized carbons (Fsp3) is 0.368. The minimum absolute atomic E-state index is 0.206. The van der Waals surface area contributed by atoms with Crippen molar-refractivity contribution in [3.05, 3.63) is 29.5 Å². The number of aryl methyl sites for hydroxylation is 1. The summed E-state index contributed by atoms with van der Waals surface area (Å²) in [4.78, 5) is 9.84. The minimum atomic E-state index is 0.206. The summed E-state index contributed by atoms with van der Waals surface area (Å²) in [6.45, 7) is 2.21. The predicted molar refractivity (Wildman–Crippen MR) is 113 cm³/mol. The number of nitrogen functional groups attached to an aromatic ring is 1. The van der Waals surface area contributed by atoms with Crippen molar-refractivity contribution in [1.29, 1.82) is 5.26 Å². The molecule has 0 unspecified atom stereocenters. The fourth-order valence-corrected chi connectivity index (χ4v) is 4.61. The van der Waals surface area contributed by atoms with Crippen LogP contribution in [-0.4, -0.2) is 34.7 Å². The number of aliphatic imine (C=N–C) groups is 1. The maximum atomic E-state index is 9.06. The van der Waals surface area contributed by atoms with E-state index in [0.29, 0.717) is 6.04 Å². The molecule has 0 bridgehead atoms. The molecule has 2 N–H and O–H groups in total. The standard InChI is InChI=1S/C19H21BN6S/c1-12-7-13(8-14(9-23-2)17(12)22)18-24-16-10-26(25-19(16)27-18)15-3-5-20(11-21)6-4-15/h7-10,15H,3-6,22H2,1-2H3. The third-order valence-corrected chi connectivity index (χ3v) is 6.29. The molecule has 2 aromatic heterocycles. The molecule has 0 amide bonds. The van der Waals surface area contributed by atoms with Gasteiger partial charge in [-0.05, 0) is 37.5 Å². The first-order valence-electron chi connectivity index (χ1n) is 9.17. The molecule has 1 aliphatic heterocycles. The van der Waals surface area contributed by atoms with Gasteiger partial charge in [-0.3, -0.25) is 9.67 Å². The molecule has 1 fully saturated rings. The molecule has 0 atom stereocenters. The Bertz CT molecular complexity index is 1020. The number of aromatic nitrogens is 3. The summed E-state index contributed by atoms with van der Waals surface area (Å²) >= 11 is 1.60. The molecular formula is C19H21BN6S. The van der Waals surface area contributed by atoms with E-state index in [2.05, 4.69) is 21.7 Å². The lowest BCUT2D eigenvalue weighted by molar-refractivity contribution is 0.418. The number of fused-ring (bicyclic) bond motifs is 1. The summed E-state index contributed by atoms with van der Waals surface area (Å²) in [6, 6.07) is 4.48. The Balaban J connectivity index is 1.62. The van der Waals surface area contributed by atoms with E-state index in [1.165, 1.54) is 0 Å². The van der Waals surface area contributed by atoms with Gasteiger partial charge >= 0.3 is 0 Å². The monoisotopic (exact) mass is 376 g/mol. The Labute approximate surface area is 162 Å². The number of hydrogen-bond donors (Lipinski definition) is 1. The number of nitrogens with zero attached hydrogens (tertiary/aromatic N) is 5. The third-order valence-electron chi connectivity index (χ3n) is 5.28. The van der Waals surface area contributed by atoms with E-state index in [1.807, 2.05) is 19.2 Å². The molecule has 6 nitrogen and oxygen atoms in total. The molecule has 4 rings (SSSR count). The second kappa shape index (κ2) is 7.16. The van der Waals surface area contributed by atoms with E-state index in [9.17, 15) is 0 Å². The van der Waals surface area contributed by atoms with E-state index < -0.39 is 0 Å². The summed E-state index contributed by atoms with van der Waals surface area (Å²) in [5.74, 6) is 2.39. The highest BCUT2D eigenvalue weighted by Gasteiger charge is 2.26. The number of rotatable bonds is 3. The lowest BCUT2D eigenvalue weighted by Gasteiger charge is -2.23. The average Bonchev–Trinajstić information content (AvgIpc) is 3.25. The lowest BCUT2D eigenvalue weighted by Crippen LogP contribution is -2.22. The van der Waals surface area contributed by atoms with Gasteiger partial charge in [0.25, 0.3) is 6.71 Å². The Morgan fingerprint density at radius 2 is 2.19 bits per heavy atom. The summed E-state index contributed by atoms with van der Waals surface area (Å²) in [7, 11) is 1.74. The second-order valence-corrected chi connectivity index (χ2v) is 8.11. The molecular weight excluding hydrogens is 355 g/mol. The van der Waals surface area contributed by atoms with Crippen molar-refractivity contribution in [2.75, 3.05) is 12.8 Å². The van der Waals surface area contributed by atoms with E-state index in [1.54, 1.807) is 24.6 Å². The van der Waals surface area contributed by atoms with Gasteiger partial charge < -0.3 is 5.73 Å². The summed E-state index contributed by atoms with van der Waals surface area (Å²) in [6.07, 6.45) is 7.77. The number of nitriles is 1. The maximum Gasteiger partial charge on any atom is 0.268 e. The summed E-state index contributed by atoms with van der Waals surface area (Å²) in [5.41, 5.74) is 10.8. The van der Waals surface area contributed by atoms with E-state index >= 15 is 0 Å². The van der Waals surface area contributed by atoms with Crippen LogP contribution in [0.4, 0.5) is 5.69 Å².